The Morgan fingerprint density at radius 2 is 2.00 bits per heavy atom. The maximum Gasteiger partial charge on any atom is 0.243 e. The lowest BCUT2D eigenvalue weighted by atomic mass is 10.2. The highest BCUT2D eigenvalue weighted by Crippen LogP contribution is 2.22. The molecule has 0 bridgehead atoms. The van der Waals surface area contributed by atoms with Gasteiger partial charge in [0.25, 0.3) is 0 Å². The van der Waals surface area contributed by atoms with Crippen molar-refractivity contribution in [3.63, 3.8) is 0 Å². The average molecular weight is 321 g/mol. The van der Waals surface area contributed by atoms with E-state index in [0.717, 1.165) is 44.4 Å². The van der Waals surface area contributed by atoms with Gasteiger partial charge in [0.05, 0.1) is 17.2 Å². The summed E-state index contributed by atoms with van der Waals surface area (Å²) in [5, 5.41) is 6.19. The maximum atomic E-state index is 5.43. The molecule has 0 spiro atoms. The molecule has 120 valence electrons. The summed E-state index contributed by atoms with van der Waals surface area (Å²) in [5.41, 5.74) is 3.07. The van der Waals surface area contributed by atoms with E-state index in [0.29, 0.717) is 5.92 Å². The molecule has 2 aromatic heterocycles. The van der Waals surface area contributed by atoms with Crippen molar-refractivity contribution in [3.05, 3.63) is 28.3 Å². The van der Waals surface area contributed by atoms with Crippen molar-refractivity contribution in [2.45, 2.75) is 39.3 Å². The Hall–Kier alpha value is -1.31. The van der Waals surface area contributed by atoms with E-state index in [2.05, 4.69) is 51.1 Å². The Morgan fingerprint density at radius 1 is 1.23 bits per heavy atom. The zero-order valence-corrected chi connectivity index (χ0v) is 14.2. The normalized spacial score (nSPS) is 18.9. The van der Waals surface area contributed by atoms with Crippen LogP contribution in [0.15, 0.2) is 15.4 Å². The highest BCUT2D eigenvalue weighted by molar-refractivity contribution is 7.07. The Balaban J connectivity index is 1.53. The van der Waals surface area contributed by atoms with Crippen LogP contribution in [0, 0.1) is 0 Å². The van der Waals surface area contributed by atoms with Crippen LogP contribution in [0.25, 0.3) is 0 Å². The third kappa shape index (κ3) is 3.53. The van der Waals surface area contributed by atoms with Crippen molar-refractivity contribution in [2.75, 3.05) is 26.2 Å². The molecular formula is C15H23N5OS. The van der Waals surface area contributed by atoms with Crippen LogP contribution in [-0.2, 0) is 6.54 Å². The van der Waals surface area contributed by atoms with Crippen molar-refractivity contribution in [1.82, 2.24) is 24.9 Å². The first-order valence-electron chi connectivity index (χ1n) is 7.80. The summed E-state index contributed by atoms with van der Waals surface area (Å²) in [6, 6.07) is 0.182. The molecule has 1 fully saturated rings. The van der Waals surface area contributed by atoms with Gasteiger partial charge in [-0.25, -0.2) is 4.98 Å². The first-order valence-corrected chi connectivity index (χ1v) is 8.74. The van der Waals surface area contributed by atoms with Crippen LogP contribution < -0.4 is 0 Å². The molecule has 1 unspecified atom stereocenters. The van der Waals surface area contributed by atoms with Crippen molar-refractivity contribution in [2.24, 2.45) is 0 Å². The van der Waals surface area contributed by atoms with E-state index in [-0.39, 0.29) is 6.04 Å². The van der Waals surface area contributed by atoms with E-state index in [1.54, 1.807) is 11.3 Å². The van der Waals surface area contributed by atoms with Crippen molar-refractivity contribution in [3.8, 4) is 0 Å². The van der Waals surface area contributed by atoms with Gasteiger partial charge in [0.2, 0.25) is 5.89 Å². The fourth-order valence-corrected chi connectivity index (χ4v) is 3.21. The van der Waals surface area contributed by atoms with Gasteiger partial charge >= 0.3 is 0 Å². The summed E-state index contributed by atoms with van der Waals surface area (Å²) >= 11 is 1.66. The second kappa shape index (κ2) is 6.85. The minimum absolute atomic E-state index is 0.182. The molecule has 0 N–H and O–H groups in total. The quantitative estimate of drug-likeness (QED) is 0.843. The van der Waals surface area contributed by atoms with Crippen LogP contribution >= 0.6 is 11.3 Å². The molecule has 1 aliphatic heterocycles. The molecular weight excluding hydrogens is 298 g/mol. The van der Waals surface area contributed by atoms with Crippen LogP contribution in [-0.4, -0.2) is 51.1 Å². The molecule has 3 heterocycles. The molecule has 1 aliphatic rings. The van der Waals surface area contributed by atoms with Crippen LogP contribution in [0.2, 0.25) is 0 Å². The van der Waals surface area contributed by atoms with Gasteiger partial charge in [-0.15, -0.1) is 11.3 Å². The van der Waals surface area contributed by atoms with Gasteiger partial charge in [0.15, 0.2) is 5.82 Å². The third-order valence-corrected chi connectivity index (χ3v) is 4.79. The Kier molecular flexibility index (Phi) is 4.85. The number of hydrogen-bond acceptors (Lipinski definition) is 7. The van der Waals surface area contributed by atoms with Crippen molar-refractivity contribution in [1.29, 1.82) is 0 Å². The standard InChI is InChI=1S/C15H23N5OS/c1-11(2)14-17-15(21-18-14)12(3)20-6-4-19(5-7-20)8-13-9-22-10-16-13/h9-12H,4-8H2,1-3H3. The molecule has 0 saturated carbocycles. The lowest BCUT2D eigenvalue weighted by molar-refractivity contribution is 0.0839. The molecule has 1 atom stereocenters. The first-order chi connectivity index (χ1) is 10.6. The molecule has 2 aromatic rings. The molecule has 0 radical (unpaired) electrons. The Labute approximate surface area is 135 Å². The van der Waals surface area contributed by atoms with Crippen molar-refractivity contribution >= 4 is 11.3 Å². The fourth-order valence-electron chi connectivity index (χ4n) is 2.66. The molecule has 7 heteroatoms. The smallest absolute Gasteiger partial charge is 0.243 e. The minimum Gasteiger partial charge on any atom is -0.338 e. The number of aromatic nitrogens is 3. The van der Waals surface area contributed by atoms with E-state index < -0.39 is 0 Å². The second-order valence-electron chi connectivity index (χ2n) is 6.11. The summed E-state index contributed by atoms with van der Waals surface area (Å²) in [7, 11) is 0. The zero-order valence-electron chi connectivity index (χ0n) is 13.4. The number of hydrogen-bond donors (Lipinski definition) is 0. The predicted octanol–water partition coefficient (Wildman–Crippen LogP) is 2.53. The van der Waals surface area contributed by atoms with Crippen LogP contribution in [0.3, 0.4) is 0 Å². The van der Waals surface area contributed by atoms with E-state index >= 15 is 0 Å². The topological polar surface area (TPSA) is 58.3 Å². The Bertz CT molecular complexity index is 575. The van der Waals surface area contributed by atoms with Gasteiger partial charge in [-0.1, -0.05) is 19.0 Å². The highest BCUT2D eigenvalue weighted by atomic mass is 32.1. The fraction of sp³-hybridized carbons (Fsp3) is 0.667. The molecule has 22 heavy (non-hydrogen) atoms. The van der Waals surface area contributed by atoms with E-state index in [1.165, 1.54) is 5.69 Å². The zero-order chi connectivity index (χ0) is 15.5. The van der Waals surface area contributed by atoms with Gasteiger partial charge in [-0.2, -0.15) is 4.98 Å². The van der Waals surface area contributed by atoms with Gasteiger partial charge < -0.3 is 4.52 Å². The molecule has 3 rings (SSSR count). The number of rotatable bonds is 5. The van der Waals surface area contributed by atoms with E-state index in [1.807, 2.05) is 5.51 Å². The highest BCUT2D eigenvalue weighted by Gasteiger charge is 2.26. The van der Waals surface area contributed by atoms with Gasteiger partial charge in [0, 0.05) is 44.0 Å². The number of nitrogens with zero attached hydrogens (tertiary/aromatic N) is 5. The first kappa shape index (κ1) is 15.6. The molecule has 1 saturated heterocycles. The van der Waals surface area contributed by atoms with E-state index in [4.69, 9.17) is 4.52 Å². The SMILES string of the molecule is CC(C)c1noc(C(C)N2CCN(Cc3cscn3)CC2)n1. The van der Waals surface area contributed by atoms with Gasteiger partial charge in [-0.05, 0) is 6.92 Å². The molecule has 0 aliphatic carbocycles. The predicted molar refractivity (Wildman–Crippen MR) is 85.8 cm³/mol. The van der Waals surface area contributed by atoms with Crippen LogP contribution in [0.5, 0.6) is 0 Å². The lowest BCUT2D eigenvalue weighted by Gasteiger charge is -2.36. The van der Waals surface area contributed by atoms with Gasteiger partial charge in [0.1, 0.15) is 0 Å². The maximum absolute atomic E-state index is 5.43. The summed E-state index contributed by atoms with van der Waals surface area (Å²) in [6.45, 7) is 11.4. The molecule has 0 aromatic carbocycles. The summed E-state index contributed by atoms with van der Waals surface area (Å²) in [6.07, 6.45) is 0. The largest absolute Gasteiger partial charge is 0.338 e. The second-order valence-corrected chi connectivity index (χ2v) is 6.83. The minimum atomic E-state index is 0.182. The molecule has 0 amide bonds. The van der Waals surface area contributed by atoms with Crippen LogP contribution in [0.1, 0.15) is 50.1 Å². The van der Waals surface area contributed by atoms with E-state index in [9.17, 15) is 0 Å². The van der Waals surface area contributed by atoms with Crippen molar-refractivity contribution < 1.29 is 4.52 Å². The Morgan fingerprint density at radius 3 is 2.59 bits per heavy atom. The lowest BCUT2D eigenvalue weighted by Crippen LogP contribution is -2.46. The third-order valence-electron chi connectivity index (χ3n) is 4.15. The summed E-state index contributed by atoms with van der Waals surface area (Å²) in [4.78, 5) is 13.7. The van der Waals surface area contributed by atoms with Gasteiger partial charge in [-0.3, -0.25) is 9.80 Å². The molecule has 6 nitrogen and oxygen atoms in total. The summed E-state index contributed by atoms with van der Waals surface area (Å²) < 4.78 is 5.43. The monoisotopic (exact) mass is 321 g/mol. The van der Waals surface area contributed by atoms with Crippen LogP contribution in [0.4, 0.5) is 0 Å². The summed E-state index contributed by atoms with van der Waals surface area (Å²) in [5.74, 6) is 1.83. The number of thiazole rings is 1. The average Bonchev–Trinajstić information content (AvgIpc) is 3.18. The number of piperazine rings is 1.